The molecule has 0 bridgehead atoms. The molecule has 0 aliphatic heterocycles. The number of hydrogen-bond acceptors (Lipinski definition) is 2. The van der Waals surface area contributed by atoms with E-state index in [1.807, 2.05) is 6.07 Å². The van der Waals surface area contributed by atoms with Gasteiger partial charge in [-0.3, -0.25) is 4.79 Å². The van der Waals surface area contributed by atoms with Crippen LogP contribution in [0, 0.1) is 0 Å². The molecule has 0 radical (unpaired) electrons. The number of carboxylic acid groups (broad SMARTS) is 1. The second kappa shape index (κ2) is 5.12. The number of halogens is 1. The van der Waals surface area contributed by atoms with Crippen LogP contribution in [0.1, 0.15) is 17.9 Å². The Balaban J connectivity index is 2.93. The molecule has 2 N–H and O–H groups in total. The molecule has 14 heavy (non-hydrogen) atoms. The minimum absolute atomic E-state index is 0.122. The maximum atomic E-state index is 10.9. The fraction of sp³-hybridized carbons (Fsp3) is 0.300. The van der Waals surface area contributed by atoms with Crippen LogP contribution < -0.4 is 0 Å². The van der Waals surface area contributed by atoms with Crippen molar-refractivity contribution in [3.63, 3.8) is 0 Å². The van der Waals surface area contributed by atoms with Gasteiger partial charge < -0.3 is 10.2 Å². The highest BCUT2D eigenvalue weighted by Gasteiger charge is 2.18. The fourth-order valence-electron chi connectivity index (χ4n) is 1.29. The minimum atomic E-state index is -0.905. The molecule has 1 aromatic carbocycles. The maximum absolute atomic E-state index is 10.9. The molecule has 1 atom stereocenters. The van der Waals surface area contributed by atoms with E-state index < -0.39 is 11.9 Å². The summed E-state index contributed by atoms with van der Waals surface area (Å²) in [7, 11) is 0. The number of hydrogen-bond donors (Lipinski definition) is 2. The van der Waals surface area contributed by atoms with Crippen molar-refractivity contribution in [3.8, 4) is 0 Å². The number of benzene rings is 1. The van der Waals surface area contributed by atoms with E-state index in [9.17, 15) is 4.79 Å². The standard InChI is InChI=1S/C10H11BrO3/c11-8-3-1-2-7(6-8)9(4-5-12)10(13)14/h1-3,6,9,12H,4-5H2,(H,13,14). The van der Waals surface area contributed by atoms with Crippen LogP contribution in [0.5, 0.6) is 0 Å². The quantitative estimate of drug-likeness (QED) is 0.869. The highest BCUT2D eigenvalue weighted by Crippen LogP contribution is 2.22. The van der Waals surface area contributed by atoms with Gasteiger partial charge in [0.25, 0.3) is 0 Å². The summed E-state index contributed by atoms with van der Waals surface area (Å²) in [4.78, 5) is 10.9. The minimum Gasteiger partial charge on any atom is -0.481 e. The Labute approximate surface area is 90.5 Å². The summed E-state index contributed by atoms with van der Waals surface area (Å²) in [6, 6.07) is 7.13. The first kappa shape index (κ1) is 11.2. The molecule has 0 fully saturated rings. The summed E-state index contributed by atoms with van der Waals surface area (Å²) in [6.45, 7) is -0.122. The van der Waals surface area contributed by atoms with Gasteiger partial charge in [0, 0.05) is 11.1 Å². The van der Waals surface area contributed by atoms with Crippen molar-refractivity contribution in [2.45, 2.75) is 12.3 Å². The highest BCUT2D eigenvalue weighted by molar-refractivity contribution is 9.10. The third-order valence-electron chi connectivity index (χ3n) is 1.97. The van der Waals surface area contributed by atoms with Gasteiger partial charge in [-0.05, 0) is 24.1 Å². The van der Waals surface area contributed by atoms with Crippen molar-refractivity contribution in [2.24, 2.45) is 0 Å². The molecule has 3 nitrogen and oxygen atoms in total. The van der Waals surface area contributed by atoms with Crippen molar-refractivity contribution in [3.05, 3.63) is 34.3 Å². The smallest absolute Gasteiger partial charge is 0.311 e. The van der Waals surface area contributed by atoms with Gasteiger partial charge in [-0.2, -0.15) is 0 Å². The van der Waals surface area contributed by atoms with Crippen LogP contribution >= 0.6 is 15.9 Å². The molecule has 0 aliphatic carbocycles. The van der Waals surface area contributed by atoms with E-state index >= 15 is 0 Å². The predicted octanol–water partition coefficient (Wildman–Crippen LogP) is 2.00. The Hall–Kier alpha value is -0.870. The van der Waals surface area contributed by atoms with Gasteiger partial charge in [0.05, 0.1) is 5.92 Å². The zero-order chi connectivity index (χ0) is 10.6. The number of carboxylic acids is 1. The molecule has 76 valence electrons. The maximum Gasteiger partial charge on any atom is 0.311 e. The third-order valence-corrected chi connectivity index (χ3v) is 2.46. The Bertz CT molecular complexity index is 325. The first-order valence-electron chi connectivity index (χ1n) is 4.24. The average molecular weight is 259 g/mol. The van der Waals surface area contributed by atoms with E-state index in [4.69, 9.17) is 10.2 Å². The molecule has 0 saturated heterocycles. The van der Waals surface area contributed by atoms with Gasteiger partial charge in [-0.25, -0.2) is 0 Å². The second-order valence-electron chi connectivity index (χ2n) is 2.96. The lowest BCUT2D eigenvalue weighted by Crippen LogP contribution is -2.13. The number of carbonyl (C=O) groups is 1. The van der Waals surface area contributed by atoms with Crippen molar-refractivity contribution in [1.82, 2.24) is 0 Å². The average Bonchev–Trinajstić information content (AvgIpc) is 2.13. The van der Waals surface area contributed by atoms with Crippen molar-refractivity contribution in [1.29, 1.82) is 0 Å². The summed E-state index contributed by atoms with van der Waals surface area (Å²) in [5.41, 5.74) is 0.709. The van der Waals surface area contributed by atoms with E-state index in [0.29, 0.717) is 5.56 Å². The summed E-state index contributed by atoms with van der Waals surface area (Å²) < 4.78 is 0.846. The molecule has 0 aliphatic rings. The normalized spacial score (nSPS) is 12.4. The summed E-state index contributed by atoms with van der Waals surface area (Å²) in [6.07, 6.45) is 0.242. The van der Waals surface area contributed by atoms with E-state index in [2.05, 4.69) is 15.9 Å². The fourth-order valence-corrected chi connectivity index (χ4v) is 1.70. The van der Waals surface area contributed by atoms with Crippen LogP contribution in [-0.2, 0) is 4.79 Å². The molecule has 1 rings (SSSR count). The van der Waals surface area contributed by atoms with Crippen LogP contribution in [-0.4, -0.2) is 22.8 Å². The number of aliphatic hydroxyl groups is 1. The van der Waals surface area contributed by atoms with Crippen LogP contribution in [0.15, 0.2) is 28.7 Å². The van der Waals surface area contributed by atoms with Crippen LogP contribution in [0.4, 0.5) is 0 Å². The molecule has 0 aromatic heterocycles. The van der Waals surface area contributed by atoms with Gasteiger partial charge in [0.1, 0.15) is 0 Å². The molecular formula is C10H11BrO3. The van der Waals surface area contributed by atoms with Gasteiger partial charge in [-0.15, -0.1) is 0 Å². The van der Waals surface area contributed by atoms with E-state index in [-0.39, 0.29) is 13.0 Å². The predicted molar refractivity (Wildman–Crippen MR) is 56.2 cm³/mol. The first-order chi connectivity index (χ1) is 6.65. The lowest BCUT2D eigenvalue weighted by molar-refractivity contribution is -0.139. The Kier molecular flexibility index (Phi) is 4.10. The van der Waals surface area contributed by atoms with Gasteiger partial charge >= 0.3 is 5.97 Å². The Morgan fingerprint density at radius 2 is 2.21 bits per heavy atom. The number of rotatable bonds is 4. The van der Waals surface area contributed by atoms with Crippen LogP contribution in [0.3, 0.4) is 0 Å². The van der Waals surface area contributed by atoms with Crippen LogP contribution in [0.2, 0.25) is 0 Å². The number of aliphatic hydroxyl groups excluding tert-OH is 1. The van der Waals surface area contributed by atoms with Crippen molar-refractivity contribution < 1.29 is 15.0 Å². The van der Waals surface area contributed by atoms with Gasteiger partial charge in [0.2, 0.25) is 0 Å². The molecule has 0 spiro atoms. The third kappa shape index (κ3) is 2.82. The molecule has 1 unspecified atom stereocenters. The van der Waals surface area contributed by atoms with Gasteiger partial charge in [-0.1, -0.05) is 28.1 Å². The lowest BCUT2D eigenvalue weighted by atomic mass is 9.96. The van der Waals surface area contributed by atoms with Crippen molar-refractivity contribution in [2.75, 3.05) is 6.61 Å². The summed E-state index contributed by atoms with van der Waals surface area (Å²) >= 11 is 3.28. The van der Waals surface area contributed by atoms with Crippen LogP contribution in [0.25, 0.3) is 0 Å². The topological polar surface area (TPSA) is 57.5 Å². The molecule has 0 amide bonds. The lowest BCUT2D eigenvalue weighted by Gasteiger charge is -2.11. The van der Waals surface area contributed by atoms with E-state index in [1.54, 1.807) is 18.2 Å². The SMILES string of the molecule is O=C(O)C(CCO)c1cccc(Br)c1. The summed E-state index contributed by atoms with van der Waals surface area (Å²) in [5.74, 6) is -1.53. The Morgan fingerprint density at radius 1 is 1.50 bits per heavy atom. The van der Waals surface area contributed by atoms with E-state index in [1.165, 1.54) is 0 Å². The molecule has 0 saturated carbocycles. The summed E-state index contributed by atoms with van der Waals surface area (Å²) in [5, 5.41) is 17.7. The molecule has 1 aromatic rings. The number of aliphatic carboxylic acids is 1. The zero-order valence-corrected chi connectivity index (χ0v) is 9.07. The largest absolute Gasteiger partial charge is 0.481 e. The molecule has 4 heteroatoms. The van der Waals surface area contributed by atoms with Gasteiger partial charge in [0.15, 0.2) is 0 Å². The highest BCUT2D eigenvalue weighted by atomic mass is 79.9. The molecular weight excluding hydrogens is 248 g/mol. The second-order valence-corrected chi connectivity index (χ2v) is 3.87. The first-order valence-corrected chi connectivity index (χ1v) is 5.03. The Morgan fingerprint density at radius 3 is 2.71 bits per heavy atom. The van der Waals surface area contributed by atoms with Crippen molar-refractivity contribution >= 4 is 21.9 Å². The monoisotopic (exact) mass is 258 g/mol. The zero-order valence-electron chi connectivity index (χ0n) is 7.48. The molecule has 0 heterocycles. The van der Waals surface area contributed by atoms with E-state index in [0.717, 1.165) is 4.47 Å².